The van der Waals surface area contributed by atoms with Crippen molar-refractivity contribution in [3.05, 3.63) is 58.9 Å². The summed E-state index contributed by atoms with van der Waals surface area (Å²) in [6, 6.07) is 12.1. The molecule has 1 aromatic heterocycles. The Morgan fingerprint density at radius 2 is 2.13 bits per heavy atom. The molecule has 3 aliphatic rings. The fourth-order valence-electron chi connectivity index (χ4n) is 5.55. The van der Waals surface area contributed by atoms with Crippen molar-refractivity contribution < 1.29 is 4.74 Å². The highest BCUT2D eigenvalue weighted by atomic mass is 16.5. The number of benzene rings is 1. The lowest BCUT2D eigenvalue weighted by molar-refractivity contribution is 0.0531. The zero-order chi connectivity index (χ0) is 20.5. The molecular formula is C25H34N4O. The van der Waals surface area contributed by atoms with Crippen LogP contribution < -0.4 is 10.2 Å². The number of fused-ring (bicyclic) bond motifs is 2. The number of aromatic nitrogens is 1. The molecule has 2 aromatic rings. The Morgan fingerprint density at radius 3 is 3.03 bits per heavy atom. The molecule has 0 bridgehead atoms. The molecule has 1 aliphatic carbocycles. The third-order valence-electron chi connectivity index (χ3n) is 7.07. The molecule has 0 radical (unpaired) electrons. The van der Waals surface area contributed by atoms with Gasteiger partial charge in [0.1, 0.15) is 0 Å². The van der Waals surface area contributed by atoms with Crippen LogP contribution in [0.5, 0.6) is 0 Å². The second-order valence-electron chi connectivity index (χ2n) is 9.22. The molecule has 1 saturated heterocycles. The van der Waals surface area contributed by atoms with Crippen LogP contribution >= 0.6 is 0 Å². The van der Waals surface area contributed by atoms with E-state index in [0.717, 1.165) is 39.2 Å². The number of nitrogens with one attached hydrogen (secondary N) is 1. The average molecular weight is 407 g/mol. The van der Waals surface area contributed by atoms with Crippen LogP contribution in [-0.4, -0.2) is 55.3 Å². The van der Waals surface area contributed by atoms with Crippen LogP contribution in [-0.2, 0) is 24.1 Å². The molecule has 1 fully saturated rings. The Bertz CT molecular complexity index is 885. The minimum Gasteiger partial charge on any atom is -0.375 e. The first-order valence-electron chi connectivity index (χ1n) is 11.5. The summed E-state index contributed by atoms with van der Waals surface area (Å²) in [5.74, 6) is 0. The molecule has 0 amide bonds. The number of nitrogens with zero attached hydrogens (tertiary/aromatic N) is 3. The Morgan fingerprint density at radius 1 is 1.23 bits per heavy atom. The summed E-state index contributed by atoms with van der Waals surface area (Å²) in [7, 11) is 2.28. The molecule has 0 unspecified atom stereocenters. The van der Waals surface area contributed by atoms with Gasteiger partial charge in [0.15, 0.2) is 0 Å². The third kappa shape index (κ3) is 3.98. The maximum atomic E-state index is 5.78. The van der Waals surface area contributed by atoms with Crippen molar-refractivity contribution in [1.82, 2.24) is 15.2 Å². The number of rotatable bonds is 4. The first-order valence-corrected chi connectivity index (χ1v) is 11.5. The van der Waals surface area contributed by atoms with E-state index in [-0.39, 0.29) is 0 Å². The van der Waals surface area contributed by atoms with Gasteiger partial charge in [-0.1, -0.05) is 18.2 Å². The lowest BCUT2D eigenvalue weighted by atomic mass is 9.89. The van der Waals surface area contributed by atoms with Gasteiger partial charge in [0.05, 0.1) is 24.4 Å². The highest BCUT2D eigenvalue weighted by Crippen LogP contribution is 2.33. The Balaban J connectivity index is 1.31. The van der Waals surface area contributed by atoms with Crippen LogP contribution in [0.1, 0.15) is 48.2 Å². The normalized spacial score (nSPS) is 26.4. The summed E-state index contributed by atoms with van der Waals surface area (Å²) < 4.78 is 5.78. The van der Waals surface area contributed by atoms with Crippen molar-refractivity contribution >= 4 is 5.69 Å². The lowest BCUT2D eigenvalue weighted by Gasteiger charge is -2.39. The fraction of sp³-hybridized carbons (Fsp3) is 0.560. The molecule has 3 heterocycles. The highest BCUT2D eigenvalue weighted by molar-refractivity contribution is 5.58. The Labute approximate surface area is 180 Å². The molecule has 0 spiro atoms. The monoisotopic (exact) mass is 406 g/mol. The first-order chi connectivity index (χ1) is 14.7. The van der Waals surface area contributed by atoms with Crippen molar-refractivity contribution in [3.63, 3.8) is 0 Å². The van der Waals surface area contributed by atoms with Crippen LogP contribution in [0.25, 0.3) is 0 Å². The van der Waals surface area contributed by atoms with Crippen molar-refractivity contribution in [2.24, 2.45) is 0 Å². The average Bonchev–Trinajstić information content (AvgIpc) is 2.78. The molecule has 3 atom stereocenters. The number of pyridine rings is 1. The molecule has 1 aromatic carbocycles. The predicted molar refractivity (Wildman–Crippen MR) is 121 cm³/mol. The van der Waals surface area contributed by atoms with E-state index in [1.807, 2.05) is 6.20 Å². The fourth-order valence-corrected chi connectivity index (χ4v) is 5.55. The van der Waals surface area contributed by atoms with Gasteiger partial charge in [-0.05, 0) is 68.5 Å². The van der Waals surface area contributed by atoms with E-state index in [1.54, 1.807) is 0 Å². The van der Waals surface area contributed by atoms with Gasteiger partial charge in [0.25, 0.3) is 0 Å². The van der Waals surface area contributed by atoms with Crippen LogP contribution in [0.4, 0.5) is 5.69 Å². The molecule has 160 valence electrons. The van der Waals surface area contributed by atoms with E-state index >= 15 is 0 Å². The van der Waals surface area contributed by atoms with Gasteiger partial charge >= 0.3 is 0 Å². The smallest absolute Gasteiger partial charge is 0.0722 e. The number of anilines is 1. The molecule has 2 aliphatic heterocycles. The predicted octanol–water partition coefficient (Wildman–Crippen LogP) is 3.33. The van der Waals surface area contributed by atoms with Gasteiger partial charge in [0, 0.05) is 44.1 Å². The van der Waals surface area contributed by atoms with E-state index in [9.17, 15) is 0 Å². The maximum absolute atomic E-state index is 5.78. The number of hydrogen-bond acceptors (Lipinski definition) is 5. The van der Waals surface area contributed by atoms with Gasteiger partial charge in [0.2, 0.25) is 0 Å². The minimum atomic E-state index is 0.303. The van der Waals surface area contributed by atoms with Crippen molar-refractivity contribution in [2.75, 3.05) is 38.2 Å². The van der Waals surface area contributed by atoms with Gasteiger partial charge in [-0.25, -0.2) is 0 Å². The number of likely N-dealkylation sites (N-methyl/N-ethyl adjacent to an activating group) is 1. The Kier molecular flexibility index (Phi) is 5.77. The second kappa shape index (κ2) is 8.66. The van der Waals surface area contributed by atoms with Crippen molar-refractivity contribution in [1.29, 1.82) is 0 Å². The molecule has 30 heavy (non-hydrogen) atoms. The lowest BCUT2D eigenvalue weighted by Crippen LogP contribution is -2.46. The van der Waals surface area contributed by atoms with Crippen molar-refractivity contribution in [3.8, 4) is 0 Å². The summed E-state index contributed by atoms with van der Waals surface area (Å²) in [6.07, 6.45) is 6.98. The second-order valence-corrected chi connectivity index (χ2v) is 9.22. The van der Waals surface area contributed by atoms with Gasteiger partial charge in [-0.3, -0.25) is 9.88 Å². The summed E-state index contributed by atoms with van der Waals surface area (Å²) in [6.45, 7) is 6.98. The Hall–Kier alpha value is -1.95. The van der Waals surface area contributed by atoms with E-state index in [1.165, 1.54) is 47.3 Å². The first kappa shape index (κ1) is 20.0. The number of aryl methyl sites for hydroxylation is 1. The van der Waals surface area contributed by atoms with Gasteiger partial charge < -0.3 is 15.0 Å². The van der Waals surface area contributed by atoms with Crippen molar-refractivity contribution in [2.45, 2.75) is 57.3 Å². The number of hydrogen-bond donors (Lipinski definition) is 1. The van der Waals surface area contributed by atoms with E-state index < -0.39 is 0 Å². The maximum Gasteiger partial charge on any atom is 0.0722 e. The highest BCUT2D eigenvalue weighted by Gasteiger charge is 2.29. The summed E-state index contributed by atoms with van der Waals surface area (Å²) in [4.78, 5) is 9.82. The third-order valence-corrected chi connectivity index (χ3v) is 7.07. The SMILES string of the molecule is C[C@H]1CN(c2cccc3c2C[C@H](CN(C)[C@H]2CCCc4cccnc42)NC3)CCO1. The topological polar surface area (TPSA) is 40.6 Å². The summed E-state index contributed by atoms with van der Waals surface area (Å²) >= 11 is 0. The minimum absolute atomic E-state index is 0.303. The zero-order valence-electron chi connectivity index (χ0n) is 18.3. The largest absolute Gasteiger partial charge is 0.375 e. The zero-order valence-corrected chi connectivity index (χ0v) is 18.3. The summed E-state index contributed by atoms with van der Waals surface area (Å²) in [5.41, 5.74) is 7.14. The quantitative estimate of drug-likeness (QED) is 0.843. The standard InChI is InChI=1S/C25H34N4O/c1-18-16-29(12-13-30-18)23-9-4-7-20-15-27-21(14-22(20)23)17-28(2)24-10-3-6-19-8-5-11-26-25(19)24/h4-5,7-9,11,18,21,24,27H,3,6,10,12-17H2,1-2H3/t18-,21+,24-/m0/s1. The van der Waals surface area contributed by atoms with E-state index in [4.69, 9.17) is 9.72 Å². The molecule has 1 N–H and O–H groups in total. The molecule has 5 heteroatoms. The summed E-state index contributed by atoms with van der Waals surface area (Å²) in [5, 5.41) is 3.80. The van der Waals surface area contributed by atoms with E-state index in [2.05, 4.69) is 59.4 Å². The van der Waals surface area contributed by atoms with Crippen LogP contribution in [0.2, 0.25) is 0 Å². The molecule has 5 nitrogen and oxygen atoms in total. The number of morpholine rings is 1. The number of ether oxygens (including phenoxy) is 1. The molecule has 0 saturated carbocycles. The molecule has 5 rings (SSSR count). The van der Waals surface area contributed by atoms with Crippen LogP contribution in [0.3, 0.4) is 0 Å². The van der Waals surface area contributed by atoms with E-state index in [0.29, 0.717) is 18.2 Å². The van der Waals surface area contributed by atoms with Crippen LogP contribution in [0, 0.1) is 0 Å². The van der Waals surface area contributed by atoms with Crippen LogP contribution in [0.15, 0.2) is 36.5 Å². The molecular weight excluding hydrogens is 372 g/mol. The van der Waals surface area contributed by atoms with Gasteiger partial charge in [-0.2, -0.15) is 0 Å². The van der Waals surface area contributed by atoms with Gasteiger partial charge in [-0.15, -0.1) is 0 Å².